The minimum Gasteiger partial charge on any atom is -0.479 e. The lowest BCUT2D eigenvalue weighted by molar-refractivity contribution is 0.368. The Hall–Kier alpha value is -3.25. The fraction of sp³-hybridized carbons (Fsp3) is 0.269. The van der Waals surface area contributed by atoms with E-state index < -0.39 is 0 Å². The van der Waals surface area contributed by atoms with Gasteiger partial charge in [-0.1, -0.05) is 56.2 Å². The van der Waals surface area contributed by atoms with Gasteiger partial charge in [0.15, 0.2) is 6.61 Å². The van der Waals surface area contributed by atoms with E-state index >= 15 is 0 Å². The van der Waals surface area contributed by atoms with Crippen LogP contribution in [0.4, 0.5) is 0 Å². The summed E-state index contributed by atoms with van der Waals surface area (Å²) in [6.07, 6.45) is 4.80. The van der Waals surface area contributed by atoms with E-state index in [4.69, 9.17) is 10.00 Å². The first-order valence-electron chi connectivity index (χ1n) is 10.3. The van der Waals surface area contributed by atoms with Crippen molar-refractivity contribution < 1.29 is 4.74 Å². The van der Waals surface area contributed by atoms with Crippen LogP contribution in [0, 0.1) is 11.3 Å². The van der Waals surface area contributed by atoms with Crippen LogP contribution < -0.4 is 4.74 Å². The summed E-state index contributed by atoms with van der Waals surface area (Å²) < 4.78 is 7.78. The van der Waals surface area contributed by atoms with Gasteiger partial charge >= 0.3 is 0 Å². The molecule has 1 heterocycles. The van der Waals surface area contributed by atoms with Crippen molar-refractivity contribution in [3.8, 4) is 23.1 Å². The smallest absolute Gasteiger partial charge is 0.174 e. The van der Waals surface area contributed by atoms with Crippen LogP contribution in [-0.2, 0) is 13.5 Å². The molecule has 0 aliphatic heterocycles. The molecule has 0 saturated heterocycles. The summed E-state index contributed by atoms with van der Waals surface area (Å²) in [4.78, 5) is 0. The predicted molar refractivity (Wildman–Crippen MR) is 120 cm³/mol. The first-order chi connectivity index (χ1) is 14.2. The molecule has 4 aromatic rings. The Labute approximate surface area is 172 Å². The standard InChI is InChI=1S/C26H26N2O/c1-3-4-5-9-24-23-8-6-7-10-25(23)28(2)26(24)21-12-11-20-18-22(29-16-15-27)14-13-19(20)17-21/h6-8,10-14,17-18H,3-5,9,16H2,1-2H3. The molecule has 0 bridgehead atoms. The average molecular weight is 383 g/mol. The molecular formula is C26H26N2O. The Bertz CT molecular complexity index is 1200. The topological polar surface area (TPSA) is 37.9 Å². The Morgan fingerprint density at radius 1 is 0.966 bits per heavy atom. The van der Waals surface area contributed by atoms with Crippen LogP contribution in [0.5, 0.6) is 5.75 Å². The van der Waals surface area contributed by atoms with Gasteiger partial charge in [-0.05, 0) is 59.0 Å². The second-order valence-corrected chi connectivity index (χ2v) is 7.53. The first-order valence-corrected chi connectivity index (χ1v) is 10.3. The summed E-state index contributed by atoms with van der Waals surface area (Å²) in [5.74, 6) is 0.733. The third kappa shape index (κ3) is 3.71. The highest BCUT2D eigenvalue weighted by molar-refractivity contribution is 5.94. The van der Waals surface area contributed by atoms with E-state index in [9.17, 15) is 0 Å². The second-order valence-electron chi connectivity index (χ2n) is 7.53. The second kappa shape index (κ2) is 8.41. The maximum atomic E-state index is 8.72. The first kappa shape index (κ1) is 19.1. The highest BCUT2D eigenvalue weighted by atomic mass is 16.5. The van der Waals surface area contributed by atoms with Crippen molar-refractivity contribution in [2.24, 2.45) is 7.05 Å². The molecule has 0 spiro atoms. The maximum Gasteiger partial charge on any atom is 0.174 e. The molecule has 0 amide bonds. The van der Waals surface area contributed by atoms with Crippen LogP contribution in [0.1, 0.15) is 31.7 Å². The van der Waals surface area contributed by atoms with Crippen molar-refractivity contribution in [2.45, 2.75) is 32.6 Å². The zero-order chi connectivity index (χ0) is 20.2. The largest absolute Gasteiger partial charge is 0.479 e. The van der Waals surface area contributed by atoms with Crippen LogP contribution in [0.3, 0.4) is 0 Å². The number of rotatable bonds is 7. The molecule has 0 N–H and O–H groups in total. The monoisotopic (exact) mass is 382 g/mol. The van der Waals surface area contributed by atoms with Crippen LogP contribution in [0.2, 0.25) is 0 Å². The molecule has 0 unspecified atom stereocenters. The summed E-state index contributed by atoms with van der Waals surface area (Å²) in [6.45, 7) is 2.32. The van der Waals surface area contributed by atoms with Crippen molar-refractivity contribution in [3.63, 3.8) is 0 Å². The lowest BCUT2D eigenvalue weighted by Gasteiger charge is -2.11. The zero-order valence-corrected chi connectivity index (χ0v) is 17.1. The predicted octanol–water partition coefficient (Wildman–Crippen LogP) is 6.63. The van der Waals surface area contributed by atoms with Crippen LogP contribution in [0.15, 0.2) is 60.7 Å². The van der Waals surface area contributed by atoms with E-state index in [1.54, 1.807) is 0 Å². The number of hydrogen-bond acceptors (Lipinski definition) is 2. The van der Waals surface area contributed by atoms with Crippen LogP contribution in [0.25, 0.3) is 32.9 Å². The normalized spacial score (nSPS) is 11.1. The quantitative estimate of drug-likeness (QED) is 0.336. The number of aromatic nitrogens is 1. The summed E-state index contributed by atoms with van der Waals surface area (Å²) in [5, 5.41) is 12.4. The van der Waals surface area contributed by atoms with Gasteiger partial charge in [0.05, 0.1) is 5.69 Å². The molecular weight excluding hydrogens is 356 g/mol. The van der Waals surface area contributed by atoms with Crippen molar-refractivity contribution in [1.82, 2.24) is 4.57 Å². The molecule has 3 nitrogen and oxygen atoms in total. The van der Waals surface area contributed by atoms with Gasteiger partial charge < -0.3 is 9.30 Å². The molecule has 0 aliphatic rings. The van der Waals surface area contributed by atoms with Gasteiger partial charge in [-0.15, -0.1) is 0 Å². The van der Waals surface area contributed by atoms with Crippen LogP contribution >= 0.6 is 0 Å². The number of para-hydroxylation sites is 1. The van der Waals surface area contributed by atoms with Crippen molar-refractivity contribution in [1.29, 1.82) is 5.26 Å². The van der Waals surface area contributed by atoms with E-state index in [1.807, 2.05) is 18.2 Å². The van der Waals surface area contributed by atoms with E-state index in [1.165, 1.54) is 52.4 Å². The van der Waals surface area contributed by atoms with E-state index in [0.717, 1.165) is 17.6 Å². The van der Waals surface area contributed by atoms with E-state index in [0.29, 0.717) is 0 Å². The molecule has 146 valence electrons. The van der Waals surface area contributed by atoms with Crippen LogP contribution in [-0.4, -0.2) is 11.2 Å². The molecule has 3 heteroatoms. The third-order valence-corrected chi connectivity index (χ3v) is 5.63. The summed E-state index contributed by atoms with van der Waals surface area (Å²) >= 11 is 0. The maximum absolute atomic E-state index is 8.72. The van der Waals surface area contributed by atoms with Crippen molar-refractivity contribution in [2.75, 3.05) is 6.61 Å². The molecule has 0 saturated carbocycles. The fourth-order valence-corrected chi connectivity index (χ4v) is 4.22. The number of benzene rings is 3. The molecule has 0 radical (unpaired) electrons. The minimum atomic E-state index is 0.0701. The average Bonchev–Trinajstić information content (AvgIpc) is 3.04. The number of fused-ring (bicyclic) bond motifs is 2. The van der Waals surface area contributed by atoms with Gasteiger partial charge in [0, 0.05) is 18.0 Å². The summed E-state index contributed by atoms with van der Waals surface area (Å²) in [6, 6.07) is 23.4. The van der Waals surface area contributed by atoms with Gasteiger partial charge in [0.1, 0.15) is 11.8 Å². The Morgan fingerprint density at radius 3 is 2.59 bits per heavy atom. The van der Waals surface area contributed by atoms with Gasteiger partial charge in [-0.3, -0.25) is 0 Å². The van der Waals surface area contributed by atoms with Crippen molar-refractivity contribution >= 4 is 21.7 Å². The Morgan fingerprint density at radius 2 is 1.76 bits per heavy atom. The van der Waals surface area contributed by atoms with E-state index in [-0.39, 0.29) is 6.61 Å². The lowest BCUT2D eigenvalue weighted by atomic mass is 9.98. The van der Waals surface area contributed by atoms with Gasteiger partial charge in [-0.2, -0.15) is 5.26 Å². The molecule has 0 atom stereocenters. The third-order valence-electron chi connectivity index (χ3n) is 5.63. The number of nitriles is 1. The molecule has 4 rings (SSSR count). The SMILES string of the molecule is CCCCCc1c(-c2ccc3cc(OCC#N)ccc3c2)n(C)c2ccccc12. The van der Waals surface area contributed by atoms with Gasteiger partial charge in [0.2, 0.25) is 0 Å². The van der Waals surface area contributed by atoms with Gasteiger partial charge in [-0.25, -0.2) is 0 Å². The van der Waals surface area contributed by atoms with E-state index in [2.05, 4.69) is 67.1 Å². The number of aryl methyl sites for hydroxylation is 2. The lowest BCUT2D eigenvalue weighted by Crippen LogP contribution is -1.95. The molecule has 29 heavy (non-hydrogen) atoms. The van der Waals surface area contributed by atoms with Crippen molar-refractivity contribution in [3.05, 3.63) is 66.2 Å². The Kier molecular flexibility index (Phi) is 5.53. The molecule has 0 fully saturated rings. The highest BCUT2D eigenvalue weighted by Crippen LogP contribution is 2.36. The van der Waals surface area contributed by atoms with Gasteiger partial charge in [0.25, 0.3) is 0 Å². The molecule has 1 aromatic heterocycles. The molecule has 3 aromatic carbocycles. The summed E-state index contributed by atoms with van der Waals surface area (Å²) in [5.41, 5.74) is 5.29. The highest BCUT2D eigenvalue weighted by Gasteiger charge is 2.16. The molecule has 0 aliphatic carbocycles. The number of nitrogens with zero attached hydrogens (tertiary/aromatic N) is 2. The number of unbranched alkanes of at least 4 members (excludes halogenated alkanes) is 2. The fourth-order valence-electron chi connectivity index (χ4n) is 4.22. The number of ether oxygens (including phenoxy) is 1. The summed E-state index contributed by atoms with van der Waals surface area (Å²) in [7, 11) is 2.17. The number of hydrogen-bond donors (Lipinski definition) is 0. The zero-order valence-electron chi connectivity index (χ0n) is 17.1. The Balaban J connectivity index is 1.80. The minimum absolute atomic E-state index is 0.0701.